The summed E-state index contributed by atoms with van der Waals surface area (Å²) >= 11 is 0. The van der Waals surface area contributed by atoms with Crippen molar-refractivity contribution in [2.45, 2.75) is 56.8 Å². The van der Waals surface area contributed by atoms with E-state index in [2.05, 4.69) is 35.2 Å². The maximum atomic E-state index is 13.8. The van der Waals surface area contributed by atoms with Crippen LogP contribution in [-0.4, -0.2) is 33.6 Å². The van der Waals surface area contributed by atoms with Gasteiger partial charge in [-0.1, -0.05) is 36.8 Å². The van der Waals surface area contributed by atoms with Gasteiger partial charge in [-0.15, -0.1) is 0 Å². The lowest BCUT2D eigenvalue weighted by Gasteiger charge is -2.48. The number of hydrogen-bond acceptors (Lipinski definition) is 3. The van der Waals surface area contributed by atoms with Crippen LogP contribution in [0.5, 0.6) is 0 Å². The summed E-state index contributed by atoms with van der Waals surface area (Å²) in [6, 6.07) is 16.0. The molecule has 2 unspecified atom stereocenters. The highest BCUT2D eigenvalue weighted by molar-refractivity contribution is 6.04. The lowest BCUT2D eigenvalue weighted by Crippen LogP contribution is -2.53. The highest BCUT2D eigenvalue weighted by Crippen LogP contribution is 2.37. The molecule has 1 aromatic heterocycles. The molecule has 2 aliphatic rings. The van der Waals surface area contributed by atoms with Crippen LogP contribution in [-0.2, 0) is 18.3 Å². The van der Waals surface area contributed by atoms with Crippen molar-refractivity contribution in [2.24, 2.45) is 7.05 Å². The molecule has 156 valence electrons. The number of esters is 1. The van der Waals surface area contributed by atoms with Crippen molar-refractivity contribution in [3.63, 3.8) is 0 Å². The van der Waals surface area contributed by atoms with Gasteiger partial charge in [-0.25, -0.2) is 9.18 Å². The minimum Gasteiger partial charge on any atom is -0.459 e. The number of aryl methyl sites for hydroxylation is 1. The van der Waals surface area contributed by atoms with E-state index in [1.54, 1.807) is 12.3 Å². The van der Waals surface area contributed by atoms with Gasteiger partial charge in [0.05, 0.1) is 5.56 Å². The van der Waals surface area contributed by atoms with E-state index in [1.807, 2.05) is 11.6 Å². The molecular formula is C25H27FN2O2. The van der Waals surface area contributed by atoms with Crippen molar-refractivity contribution in [1.29, 1.82) is 0 Å². The van der Waals surface area contributed by atoms with Crippen molar-refractivity contribution in [2.75, 3.05) is 0 Å². The SMILES string of the molecule is Cn1cc(C(=O)OC2CC3CCCC(C2)N3Cc2ccccc2)c2cc(F)ccc21. The molecule has 0 saturated carbocycles. The number of halogens is 1. The third-order valence-electron chi connectivity index (χ3n) is 6.74. The van der Waals surface area contributed by atoms with Crippen LogP contribution in [0.3, 0.4) is 0 Å². The number of fused-ring (bicyclic) bond motifs is 3. The first kappa shape index (κ1) is 19.3. The van der Waals surface area contributed by atoms with E-state index in [-0.39, 0.29) is 17.9 Å². The molecule has 2 aliphatic heterocycles. The maximum absolute atomic E-state index is 13.8. The molecule has 0 amide bonds. The Morgan fingerprint density at radius 2 is 1.83 bits per heavy atom. The van der Waals surface area contributed by atoms with Gasteiger partial charge >= 0.3 is 5.97 Å². The van der Waals surface area contributed by atoms with E-state index >= 15 is 0 Å². The number of piperidine rings is 2. The molecular weight excluding hydrogens is 379 g/mol. The van der Waals surface area contributed by atoms with E-state index < -0.39 is 0 Å². The zero-order chi connectivity index (χ0) is 20.7. The van der Waals surface area contributed by atoms with Crippen LogP contribution in [0.2, 0.25) is 0 Å². The Hall–Kier alpha value is -2.66. The summed E-state index contributed by atoms with van der Waals surface area (Å²) in [5, 5.41) is 0.615. The molecule has 2 atom stereocenters. The highest BCUT2D eigenvalue weighted by atomic mass is 19.1. The lowest BCUT2D eigenvalue weighted by molar-refractivity contribution is -0.0459. The van der Waals surface area contributed by atoms with Crippen LogP contribution in [0.25, 0.3) is 10.9 Å². The molecule has 2 saturated heterocycles. The van der Waals surface area contributed by atoms with E-state index in [0.29, 0.717) is 23.0 Å². The first-order chi connectivity index (χ1) is 14.6. The smallest absolute Gasteiger partial charge is 0.340 e. The minimum absolute atomic E-state index is 0.0800. The van der Waals surface area contributed by atoms with Crippen molar-refractivity contribution in [3.8, 4) is 0 Å². The Morgan fingerprint density at radius 3 is 2.57 bits per heavy atom. The van der Waals surface area contributed by atoms with Crippen LogP contribution in [0.4, 0.5) is 4.39 Å². The van der Waals surface area contributed by atoms with Gasteiger partial charge in [0.2, 0.25) is 0 Å². The molecule has 5 heteroatoms. The van der Waals surface area contributed by atoms with Crippen LogP contribution >= 0.6 is 0 Å². The Labute approximate surface area is 176 Å². The molecule has 0 spiro atoms. The van der Waals surface area contributed by atoms with Crippen molar-refractivity contribution >= 4 is 16.9 Å². The quantitative estimate of drug-likeness (QED) is 0.568. The molecule has 3 aromatic rings. The number of hydrogen-bond donors (Lipinski definition) is 0. The molecule has 3 heterocycles. The van der Waals surface area contributed by atoms with E-state index in [0.717, 1.165) is 37.7 Å². The largest absolute Gasteiger partial charge is 0.459 e. The zero-order valence-corrected chi connectivity index (χ0v) is 17.3. The molecule has 2 aromatic carbocycles. The first-order valence-corrected chi connectivity index (χ1v) is 10.8. The molecule has 0 radical (unpaired) electrons. The summed E-state index contributed by atoms with van der Waals surface area (Å²) in [4.78, 5) is 15.6. The van der Waals surface area contributed by atoms with E-state index in [1.165, 1.54) is 24.1 Å². The van der Waals surface area contributed by atoms with Gasteiger partial charge in [-0.2, -0.15) is 0 Å². The first-order valence-electron chi connectivity index (χ1n) is 10.8. The van der Waals surface area contributed by atoms with Gasteiger partial charge < -0.3 is 9.30 Å². The highest BCUT2D eigenvalue weighted by Gasteiger charge is 2.39. The number of nitrogens with zero attached hydrogens (tertiary/aromatic N) is 2. The Bertz CT molecular complexity index is 1050. The maximum Gasteiger partial charge on any atom is 0.340 e. The third-order valence-corrected chi connectivity index (χ3v) is 6.74. The monoisotopic (exact) mass is 406 g/mol. The Kier molecular flexibility index (Phi) is 5.07. The van der Waals surface area contributed by atoms with Gasteiger partial charge in [0, 0.05) is 55.6 Å². The second-order valence-electron chi connectivity index (χ2n) is 8.71. The summed E-state index contributed by atoms with van der Waals surface area (Å²) in [5.41, 5.74) is 2.62. The topological polar surface area (TPSA) is 34.5 Å². The summed E-state index contributed by atoms with van der Waals surface area (Å²) in [6.07, 6.45) is 6.95. The molecule has 30 heavy (non-hydrogen) atoms. The standard InChI is InChI=1S/C25H27FN2O2/c1-27-16-23(22-12-18(26)10-11-24(22)27)25(29)30-21-13-19-8-5-9-20(14-21)28(19)15-17-6-3-2-4-7-17/h2-4,6-7,10-12,16,19-21H,5,8-9,13-15H2,1H3. The van der Waals surface area contributed by atoms with Crippen molar-refractivity contribution in [3.05, 3.63) is 71.7 Å². The molecule has 2 bridgehead atoms. The average molecular weight is 407 g/mol. The minimum atomic E-state index is -0.342. The third kappa shape index (κ3) is 3.63. The molecule has 5 rings (SSSR count). The van der Waals surface area contributed by atoms with Gasteiger partial charge in [-0.3, -0.25) is 4.90 Å². The van der Waals surface area contributed by atoms with Crippen LogP contribution in [0.1, 0.15) is 48.0 Å². The number of carbonyl (C=O) groups is 1. The summed E-state index contributed by atoms with van der Waals surface area (Å²) in [7, 11) is 1.86. The second-order valence-corrected chi connectivity index (χ2v) is 8.71. The molecule has 0 N–H and O–H groups in total. The fraction of sp³-hybridized carbons (Fsp3) is 0.400. The molecule has 0 aliphatic carbocycles. The Morgan fingerprint density at radius 1 is 1.10 bits per heavy atom. The Balaban J connectivity index is 1.31. The average Bonchev–Trinajstić information content (AvgIpc) is 3.05. The van der Waals surface area contributed by atoms with Crippen molar-refractivity contribution < 1.29 is 13.9 Å². The second kappa shape index (κ2) is 7.88. The summed E-state index contributed by atoms with van der Waals surface area (Å²) < 4.78 is 21.6. The normalized spacial score (nSPS) is 24.1. The van der Waals surface area contributed by atoms with Crippen LogP contribution < -0.4 is 0 Å². The van der Waals surface area contributed by atoms with Gasteiger partial charge in [0.25, 0.3) is 0 Å². The van der Waals surface area contributed by atoms with Gasteiger partial charge in [0.15, 0.2) is 0 Å². The van der Waals surface area contributed by atoms with Crippen LogP contribution in [0, 0.1) is 5.82 Å². The van der Waals surface area contributed by atoms with Crippen molar-refractivity contribution in [1.82, 2.24) is 9.47 Å². The number of ether oxygens (including phenoxy) is 1. The molecule has 2 fully saturated rings. The fourth-order valence-electron chi connectivity index (χ4n) is 5.32. The number of carbonyl (C=O) groups excluding carboxylic acids is 1. The predicted molar refractivity (Wildman–Crippen MR) is 115 cm³/mol. The van der Waals surface area contributed by atoms with E-state index in [9.17, 15) is 9.18 Å². The predicted octanol–water partition coefficient (Wildman–Crippen LogP) is 5.06. The van der Waals surface area contributed by atoms with Gasteiger partial charge in [-0.05, 0) is 36.6 Å². The number of aromatic nitrogens is 1. The fourth-order valence-corrected chi connectivity index (χ4v) is 5.32. The number of benzene rings is 2. The summed E-state index contributed by atoms with van der Waals surface area (Å²) in [6.45, 7) is 0.958. The lowest BCUT2D eigenvalue weighted by atomic mass is 9.82. The molecule has 4 nitrogen and oxygen atoms in total. The summed E-state index contributed by atoms with van der Waals surface area (Å²) in [5.74, 6) is -0.683. The number of rotatable bonds is 4. The zero-order valence-electron chi connectivity index (χ0n) is 17.3. The van der Waals surface area contributed by atoms with E-state index in [4.69, 9.17) is 4.74 Å². The van der Waals surface area contributed by atoms with Crippen LogP contribution in [0.15, 0.2) is 54.7 Å². The van der Waals surface area contributed by atoms with Gasteiger partial charge in [0.1, 0.15) is 11.9 Å².